The Kier molecular flexibility index (Phi) is 5.25. The van der Waals surface area contributed by atoms with Gasteiger partial charge in [-0.2, -0.15) is 0 Å². The highest BCUT2D eigenvalue weighted by atomic mass is 16.7. The molecule has 0 fully saturated rings. The minimum Gasteiger partial charge on any atom is -0.478 e. The standard InChI is InChI=1S/C14H18N2O4/c1-8(2)12(13(15)16-20-9(3)17)10-4-6-11(7-5-10)14(18)19/h4-8,12H,1-3H3,(H2,15,16)(H,18,19). The van der Waals surface area contributed by atoms with Crippen molar-refractivity contribution in [2.45, 2.75) is 26.7 Å². The number of aromatic carboxylic acids is 1. The zero-order valence-electron chi connectivity index (χ0n) is 11.7. The van der Waals surface area contributed by atoms with Gasteiger partial charge in [0.05, 0.1) is 5.56 Å². The third-order valence-electron chi connectivity index (χ3n) is 2.78. The molecule has 1 aromatic rings. The number of carbonyl (C=O) groups is 2. The molecule has 0 saturated heterocycles. The van der Waals surface area contributed by atoms with Crippen LogP contribution in [0.4, 0.5) is 0 Å². The van der Waals surface area contributed by atoms with Crippen LogP contribution in [0.2, 0.25) is 0 Å². The van der Waals surface area contributed by atoms with E-state index >= 15 is 0 Å². The Labute approximate surface area is 117 Å². The van der Waals surface area contributed by atoms with Crippen LogP contribution in [0.3, 0.4) is 0 Å². The van der Waals surface area contributed by atoms with Crippen LogP contribution in [0.25, 0.3) is 0 Å². The Morgan fingerprint density at radius 1 is 1.25 bits per heavy atom. The van der Waals surface area contributed by atoms with Crippen molar-refractivity contribution in [2.75, 3.05) is 0 Å². The molecule has 0 spiro atoms. The molecule has 0 aliphatic rings. The summed E-state index contributed by atoms with van der Waals surface area (Å²) in [7, 11) is 0. The number of nitrogens with two attached hydrogens (primary N) is 1. The van der Waals surface area contributed by atoms with Crippen molar-refractivity contribution in [2.24, 2.45) is 16.8 Å². The maximum Gasteiger partial charge on any atom is 0.335 e. The monoisotopic (exact) mass is 278 g/mol. The predicted octanol–water partition coefficient (Wildman–Crippen LogP) is 1.96. The summed E-state index contributed by atoms with van der Waals surface area (Å²) in [4.78, 5) is 26.1. The molecule has 3 N–H and O–H groups in total. The topological polar surface area (TPSA) is 102 Å². The molecular weight excluding hydrogens is 260 g/mol. The Hall–Kier alpha value is -2.37. The summed E-state index contributed by atoms with van der Waals surface area (Å²) in [5.41, 5.74) is 6.87. The van der Waals surface area contributed by atoms with Gasteiger partial charge in [0.2, 0.25) is 0 Å². The van der Waals surface area contributed by atoms with E-state index in [4.69, 9.17) is 10.8 Å². The first kappa shape index (κ1) is 15.7. The summed E-state index contributed by atoms with van der Waals surface area (Å²) < 4.78 is 0. The average molecular weight is 278 g/mol. The zero-order chi connectivity index (χ0) is 15.3. The number of carbonyl (C=O) groups excluding carboxylic acids is 1. The van der Waals surface area contributed by atoms with Gasteiger partial charge in [-0.05, 0) is 23.6 Å². The molecular formula is C14H18N2O4. The van der Waals surface area contributed by atoms with Crippen molar-refractivity contribution in [3.63, 3.8) is 0 Å². The number of amidine groups is 1. The van der Waals surface area contributed by atoms with Gasteiger partial charge in [-0.3, -0.25) is 0 Å². The second-order valence-electron chi connectivity index (χ2n) is 4.75. The van der Waals surface area contributed by atoms with Crippen LogP contribution in [0.15, 0.2) is 29.4 Å². The molecule has 0 amide bonds. The van der Waals surface area contributed by atoms with E-state index in [1.165, 1.54) is 19.1 Å². The van der Waals surface area contributed by atoms with Crippen molar-refractivity contribution < 1.29 is 19.5 Å². The van der Waals surface area contributed by atoms with Crippen molar-refractivity contribution in [3.8, 4) is 0 Å². The van der Waals surface area contributed by atoms with E-state index in [0.717, 1.165) is 5.56 Å². The van der Waals surface area contributed by atoms with Gasteiger partial charge < -0.3 is 15.7 Å². The van der Waals surface area contributed by atoms with Crippen molar-refractivity contribution >= 4 is 17.8 Å². The maximum atomic E-state index is 10.8. The molecule has 0 saturated carbocycles. The minimum absolute atomic E-state index is 0.116. The van der Waals surface area contributed by atoms with Gasteiger partial charge in [0.15, 0.2) is 0 Å². The quantitative estimate of drug-likeness (QED) is 0.371. The molecule has 1 atom stereocenters. The summed E-state index contributed by atoms with van der Waals surface area (Å²) in [5.74, 6) is -1.49. The van der Waals surface area contributed by atoms with Gasteiger partial charge >= 0.3 is 11.9 Å². The highest BCUT2D eigenvalue weighted by molar-refractivity contribution is 5.89. The number of hydrogen-bond acceptors (Lipinski definition) is 4. The fraction of sp³-hybridized carbons (Fsp3) is 0.357. The Morgan fingerprint density at radius 2 is 1.80 bits per heavy atom. The molecule has 1 unspecified atom stereocenters. The molecule has 1 aromatic carbocycles. The Bertz CT molecular complexity index is 520. The van der Waals surface area contributed by atoms with Gasteiger partial charge in [-0.15, -0.1) is 0 Å². The van der Waals surface area contributed by atoms with E-state index in [-0.39, 0.29) is 23.2 Å². The second-order valence-corrected chi connectivity index (χ2v) is 4.75. The normalized spacial score (nSPS) is 13.1. The summed E-state index contributed by atoms with van der Waals surface area (Å²) in [6.45, 7) is 5.14. The largest absolute Gasteiger partial charge is 0.478 e. The van der Waals surface area contributed by atoms with E-state index < -0.39 is 11.9 Å². The molecule has 6 heteroatoms. The third kappa shape index (κ3) is 4.08. The summed E-state index contributed by atoms with van der Waals surface area (Å²) >= 11 is 0. The molecule has 20 heavy (non-hydrogen) atoms. The number of benzene rings is 1. The van der Waals surface area contributed by atoms with E-state index in [2.05, 4.69) is 9.99 Å². The average Bonchev–Trinajstić information content (AvgIpc) is 2.36. The van der Waals surface area contributed by atoms with Crippen molar-refractivity contribution in [1.29, 1.82) is 0 Å². The van der Waals surface area contributed by atoms with Crippen LogP contribution in [0.1, 0.15) is 42.6 Å². The van der Waals surface area contributed by atoms with Crippen LogP contribution in [-0.2, 0) is 9.63 Å². The SMILES string of the molecule is CC(=O)O/N=C(\N)C(c1ccc(C(=O)O)cc1)C(C)C. The van der Waals surface area contributed by atoms with E-state index in [1.807, 2.05) is 13.8 Å². The van der Waals surface area contributed by atoms with Crippen molar-refractivity contribution in [1.82, 2.24) is 0 Å². The van der Waals surface area contributed by atoms with E-state index in [0.29, 0.717) is 0 Å². The lowest BCUT2D eigenvalue weighted by atomic mass is 9.87. The second kappa shape index (κ2) is 6.70. The number of carboxylic acids is 1. The van der Waals surface area contributed by atoms with Gasteiger partial charge in [-0.25, -0.2) is 9.59 Å². The summed E-state index contributed by atoms with van der Waals surface area (Å²) in [6.07, 6.45) is 0. The lowest BCUT2D eigenvalue weighted by Gasteiger charge is -2.20. The van der Waals surface area contributed by atoms with Crippen LogP contribution in [0, 0.1) is 5.92 Å². The molecule has 0 aromatic heterocycles. The highest BCUT2D eigenvalue weighted by Crippen LogP contribution is 2.25. The van der Waals surface area contributed by atoms with Gasteiger partial charge in [0.1, 0.15) is 5.84 Å². The maximum absolute atomic E-state index is 10.8. The van der Waals surface area contributed by atoms with Crippen LogP contribution < -0.4 is 5.73 Å². The first-order chi connectivity index (χ1) is 9.32. The van der Waals surface area contributed by atoms with Crippen LogP contribution in [-0.4, -0.2) is 22.9 Å². The number of rotatable bonds is 5. The summed E-state index contributed by atoms with van der Waals surface area (Å²) in [6, 6.07) is 6.38. The molecule has 1 rings (SSSR count). The minimum atomic E-state index is -0.987. The molecule has 0 radical (unpaired) electrons. The van der Waals surface area contributed by atoms with Gasteiger partial charge in [0, 0.05) is 12.8 Å². The summed E-state index contributed by atoms with van der Waals surface area (Å²) in [5, 5.41) is 12.5. The van der Waals surface area contributed by atoms with Crippen LogP contribution >= 0.6 is 0 Å². The Morgan fingerprint density at radius 3 is 2.20 bits per heavy atom. The molecule has 108 valence electrons. The molecule has 0 aliphatic carbocycles. The van der Waals surface area contributed by atoms with Crippen molar-refractivity contribution in [3.05, 3.63) is 35.4 Å². The first-order valence-electron chi connectivity index (χ1n) is 6.17. The number of hydrogen-bond donors (Lipinski definition) is 2. The molecule has 0 bridgehead atoms. The van der Waals surface area contributed by atoms with Crippen LogP contribution in [0.5, 0.6) is 0 Å². The smallest absolute Gasteiger partial charge is 0.335 e. The molecule has 0 heterocycles. The highest BCUT2D eigenvalue weighted by Gasteiger charge is 2.21. The predicted molar refractivity (Wildman–Crippen MR) is 74.4 cm³/mol. The Balaban J connectivity index is 3.04. The molecule has 0 aliphatic heterocycles. The van der Waals surface area contributed by atoms with E-state index in [9.17, 15) is 9.59 Å². The lowest BCUT2D eigenvalue weighted by molar-refractivity contribution is -0.141. The van der Waals surface area contributed by atoms with Gasteiger partial charge in [-0.1, -0.05) is 31.1 Å². The fourth-order valence-corrected chi connectivity index (χ4v) is 1.90. The lowest BCUT2D eigenvalue weighted by Crippen LogP contribution is -2.26. The number of carboxylic acid groups (broad SMARTS) is 1. The van der Waals surface area contributed by atoms with E-state index in [1.54, 1.807) is 12.1 Å². The third-order valence-corrected chi connectivity index (χ3v) is 2.78. The number of nitrogens with zero attached hydrogens (tertiary/aromatic N) is 1. The fourth-order valence-electron chi connectivity index (χ4n) is 1.90. The first-order valence-corrected chi connectivity index (χ1v) is 6.17. The number of oxime groups is 1. The molecule has 6 nitrogen and oxygen atoms in total. The van der Waals surface area contributed by atoms with Gasteiger partial charge in [0.25, 0.3) is 0 Å². The zero-order valence-corrected chi connectivity index (χ0v) is 11.7.